The van der Waals surface area contributed by atoms with Crippen LogP contribution in [0.25, 0.3) is 0 Å². The fraction of sp³-hybridized carbons (Fsp3) is 0.500. The monoisotopic (exact) mass is 354 g/mol. The molecule has 0 spiro atoms. The standard InChI is InChI=1S/C16H22N2O5S/c1-11(2)18(10-15(19)20)16(21)13-4-3-5-14(8-13)24(22,23)17-9-12-6-7-12/h3-5,8,11-12,17H,6-7,9-10H2,1-2H3,(H,19,20). The summed E-state index contributed by atoms with van der Waals surface area (Å²) >= 11 is 0. The van der Waals surface area contributed by atoms with Crippen LogP contribution in [0.15, 0.2) is 29.2 Å². The first kappa shape index (κ1) is 18.4. The van der Waals surface area contributed by atoms with E-state index in [-0.39, 0.29) is 16.5 Å². The normalized spacial score (nSPS) is 14.6. The molecule has 1 aromatic carbocycles. The quantitative estimate of drug-likeness (QED) is 0.732. The highest BCUT2D eigenvalue weighted by molar-refractivity contribution is 7.89. The molecule has 2 rings (SSSR count). The Bertz CT molecular complexity index is 726. The number of aliphatic carboxylic acids is 1. The number of benzene rings is 1. The van der Waals surface area contributed by atoms with Crippen LogP contribution in [0.4, 0.5) is 0 Å². The number of sulfonamides is 1. The van der Waals surface area contributed by atoms with Gasteiger partial charge in [0.1, 0.15) is 6.54 Å². The van der Waals surface area contributed by atoms with Crippen molar-refractivity contribution < 1.29 is 23.1 Å². The predicted octanol–water partition coefficient (Wildman–Crippen LogP) is 1.31. The molecule has 0 aliphatic heterocycles. The molecule has 0 atom stereocenters. The van der Waals surface area contributed by atoms with E-state index in [1.54, 1.807) is 13.8 Å². The molecule has 1 saturated carbocycles. The number of nitrogens with one attached hydrogen (secondary N) is 1. The predicted molar refractivity (Wildman–Crippen MR) is 88.2 cm³/mol. The van der Waals surface area contributed by atoms with E-state index in [0.29, 0.717) is 12.5 Å². The summed E-state index contributed by atoms with van der Waals surface area (Å²) in [6.45, 7) is 3.38. The molecule has 0 unspecified atom stereocenters. The number of hydrogen-bond donors (Lipinski definition) is 2. The number of rotatable bonds is 8. The van der Waals surface area contributed by atoms with Crippen LogP contribution in [0.1, 0.15) is 37.0 Å². The lowest BCUT2D eigenvalue weighted by atomic mass is 10.1. The van der Waals surface area contributed by atoms with Gasteiger partial charge in [-0.15, -0.1) is 0 Å². The fourth-order valence-corrected chi connectivity index (χ4v) is 3.39. The van der Waals surface area contributed by atoms with Gasteiger partial charge in [0.25, 0.3) is 5.91 Å². The van der Waals surface area contributed by atoms with Crippen LogP contribution < -0.4 is 4.72 Å². The number of amides is 1. The van der Waals surface area contributed by atoms with Crippen molar-refractivity contribution in [1.82, 2.24) is 9.62 Å². The van der Waals surface area contributed by atoms with Crippen LogP contribution in [0.5, 0.6) is 0 Å². The molecule has 24 heavy (non-hydrogen) atoms. The zero-order valence-electron chi connectivity index (χ0n) is 13.7. The number of carbonyl (C=O) groups excluding carboxylic acids is 1. The molecule has 1 amide bonds. The Morgan fingerprint density at radius 3 is 2.54 bits per heavy atom. The first-order chi connectivity index (χ1) is 11.2. The topological polar surface area (TPSA) is 104 Å². The summed E-state index contributed by atoms with van der Waals surface area (Å²) in [5.41, 5.74) is 0.152. The number of nitrogens with zero attached hydrogens (tertiary/aromatic N) is 1. The van der Waals surface area contributed by atoms with Gasteiger partial charge in [-0.2, -0.15) is 0 Å². The zero-order valence-corrected chi connectivity index (χ0v) is 14.5. The SMILES string of the molecule is CC(C)N(CC(=O)O)C(=O)c1cccc(S(=O)(=O)NCC2CC2)c1. The minimum Gasteiger partial charge on any atom is -0.480 e. The third-order valence-electron chi connectivity index (χ3n) is 3.84. The maximum absolute atomic E-state index is 12.5. The third kappa shape index (κ3) is 4.78. The molecule has 1 aliphatic rings. The summed E-state index contributed by atoms with van der Waals surface area (Å²) in [6, 6.07) is 5.36. The van der Waals surface area contributed by atoms with Crippen LogP contribution in [-0.4, -0.2) is 49.4 Å². The Balaban J connectivity index is 2.21. The lowest BCUT2D eigenvalue weighted by Gasteiger charge is -2.25. The fourth-order valence-electron chi connectivity index (χ4n) is 2.23. The van der Waals surface area contributed by atoms with Gasteiger partial charge in [0, 0.05) is 18.2 Å². The zero-order chi connectivity index (χ0) is 17.9. The van der Waals surface area contributed by atoms with E-state index in [4.69, 9.17) is 5.11 Å². The Morgan fingerprint density at radius 2 is 2.00 bits per heavy atom. The van der Waals surface area contributed by atoms with Crippen LogP contribution in [0.3, 0.4) is 0 Å². The van der Waals surface area contributed by atoms with E-state index in [1.165, 1.54) is 29.2 Å². The van der Waals surface area contributed by atoms with Gasteiger partial charge in [-0.1, -0.05) is 6.07 Å². The molecule has 0 aromatic heterocycles. The molecular formula is C16H22N2O5S. The Kier molecular flexibility index (Phi) is 5.61. The summed E-state index contributed by atoms with van der Waals surface area (Å²) in [7, 11) is -3.68. The van der Waals surface area contributed by atoms with Crippen molar-refractivity contribution in [1.29, 1.82) is 0 Å². The van der Waals surface area contributed by atoms with Crippen molar-refractivity contribution in [2.75, 3.05) is 13.1 Å². The Morgan fingerprint density at radius 1 is 1.33 bits per heavy atom. The molecule has 0 saturated heterocycles. The minimum absolute atomic E-state index is 0.00744. The molecule has 0 radical (unpaired) electrons. The van der Waals surface area contributed by atoms with Crippen molar-refractivity contribution in [3.8, 4) is 0 Å². The molecule has 8 heteroatoms. The highest BCUT2D eigenvalue weighted by Crippen LogP contribution is 2.28. The molecule has 1 fully saturated rings. The van der Waals surface area contributed by atoms with Gasteiger partial charge in [0.15, 0.2) is 0 Å². The van der Waals surface area contributed by atoms with E-state index in [2.05, 4.69) is 4.72 Å². The van der Waals surface area contributed by atoms with Crippen molar-refractivity contribution in [2.24, 2.45) is 5.92 Å². The smallest absolute Gasteiger partial charge is 0.323 e. The summed E-state index contributed by atoms with van der Waals surface area (Å²) in [5, 5.41) is 8.94. The first-order valence-corrected chi connectivity index (χ1v) is 9.31. The second-order valence-corrected chi connectivity index (χ2v) is 8.01. The second-order valence-electron chi connectivity index (χ2n) is 6.24. The van der Waals surface area contributed by atoms with Crippen LogP contribution in [0.2, 0.25) is 0 Å². The Labute approximate surface area is 141 Å². The lowest BCUT2D eigenvalue weighted by molar-refractivity contribution is -0.138. The molecule has 132 valence electrons. The van der Waals surface area contributed by atoms with Crippen molar-refractivity contribution in [2.45, 2.75) is 37.6 Å². The number of carboxylic acid groups (broad SMARTS) is 1. The molecule has 1 aliphatic carbocycles. The maximum Gasteiger partial charge on any atom is 0.323 e. The summed E-state index contributed by atoms with van der Waals surface area (Å²) in [6.07, 6.45) is 2.05. The average molecular weight is 354 g/mol. The van der Waals surface area contributed by atoms with E-state index in [1.807, 2.05) is 0 Å². The van der Waals surface area contributed by atoms with Gasteiger partial charge in [-0.05, 0) is 50.8 Å². The number of carboxylic acids is 1. The molecular weight excluding hydrogens is 332 g/mol. The maximum atomic E-state index is 12.5. The summed E-state index contributed by atoms with van der Waals surface area (Å²) in [5.74, 6) is -1.23. The Hall–Kier alpha value is -1.93. The molecule has 0 heterocycles. The average Bonchev–Trinajstić information content (AvgIpc) is 3.34. The molecule has 7 nitrogen and oxygen atoms in total. The highest BCUT2D eigenvalue weighted by atomic mass is 32.2. The first-order valence-electron chi connectivity index (χ1n) is 7.83. The largest absolute Gasteiger partial charge is 0.480 e. The molecule has 0 bridgehead atoms. The van der Waals surface area contributed by atoms with Gasteiger partial charge in [0.2, 0.25) is 10.0 Å². The number of carbonyl (C=O) groups is 2. The second kappa shape index (κ2) is 7.31. The summed E-state index contributed by atoms with van der Waals surface area (Å²) in [4.78, 5) is 24.6. The van der Waals surface area contributed by atoms with E-state index >= 15 is 0 Å². The van der Waals surface area contributed by atoms with Crippen molar-refractivity contribution >= 4 is 21.9 Å². The third-order valence-corrected chi connectivity index (χ3v) is 5.26. The van der Waals surface area contributed by atoms with Crippen molar-refractivity contribution in [3.05, 3.63) is 29.8 Å². The van der Waals surface area contributed by atoms with Crippen LogP contribution in [0, 0.1) is 5.92 Å². The highest BCUT2D eigenvalue weighted by Gasteiger charge is 2.26. The molecule has 2 N–H and O–H groups in total. The number of hydrogen-bond acceptors (Lipinski definition) is 4. The molecule has 1 aromatic rings. The van der Waals surface area contributed by atoms with Gasteiger partial charge < -0.3 is 10.0 Å². The van der Waals surface area contributed by atoms with Crippen LogP contribution >= 0.6 is 0 Å². The van der Waals surface area contributed by atoms with Gasteiger partial charge in [-0.3, -0.25) is 9.59 Å². The van der Waals surface area contributed by atoms with E-state index in [0.717, 1.165) is 12.8 Å². The van der Waals surface area contributed by atoms with Crippen molar-refractivity contribution in [3.63, 3.8) is 0 Å². The summed E-state index contributed by atoms with van der Waals surface area (Å²) < 4.78 is 27.1. The van der Waals surface area contributed by atoms with E-state index in [9.17, 15) is 18.0 Å². The van der Waals surface area contributed by atoms with E-state index < -0.39 is 28.4 Å². The van der Waals surface area contributed by atoms with Gasteiger partial charge in [0.05, 0.1) is 4.90 Å². The van der Waals surface area contributed by atoms with Gasteiger partial charge in [-0.25, -0.2) is 13.1 Å². The van der Waals surface area contributed by atoms with Crippen LogP contribution in [-0.2, 0) is 14.8 Å². The van der Waals surface area contributed by atoms with Gasteiger partial charge >= 0.3 is 5.97 Å². The lowest BCUT2D eigenvalue weighted by Crippen LogP contribution is -2.40. The minimum atomic E-state index is -3.68.